The van der Waals surface area contributed by atoms with Crippen LogP contribution in [-0.4, -0.2) is 29.3 Å². The Morgan fingerprint density at radius 3 is 2.70 bits per heavy atom. The van der Waals surface area contributed by atoms with Gasteiger partial charge >= 0.3 is 5.97 Å². The fraction of sp³-hybridized carbons (Fsp3) is 0.0909. The van der Waals surface area contributed by atoms with E-state index in [0.29, 0.717) is 0 Å². The lowest BCUT2D eigenvalue weighted by Crippen LogP contribution is -2.15. The molecule has 2 N–H and O–H groups in total. The number of aryl methyl sites for hydroxylation is 1. The monoisotopic (exact) mass is 299 g/mol. The average molecular weight is 299 g/mol. The number of rotatable bonds is 4. The van der Waals surface area contributed by atoms with Crippen LogP contribution in [0.3, 0.4) is 0 Å². The second-order valence-electron chi connectivity index (χ2n) is 3.95. The molecule has 0 amide bonds. The van der Waals surface area contributed by atoms with Crippen molar-refractivity contribution < 1.29 is 22.7 Å². The third kappa shape index (κ3) is 2.77. The zero-order valence-corrected chi connectivity index (χ0v) is 11.1. The number of halogens is 1. The highest BCUT2D eigenvalue weighted by molar-refractivity contribution is 7.92. The average Bonchev–Trinajstić information content (AvgIpc) is 2.78. The number of hydrogen-bond donors (Lipinski definition) is 2. The van der Waals surface area contributed by atoms with Gasteiger partial charge in [0.2, 0.25) is 0 Å². The predicted molar refractivity (Wildman–Crippen MR) is 67.4 cm³/mol. The van der Waals surface area contributed by atoms with Crippen molar-refractivity contribution in [2.45, 2.75) is 4.90 Å². The zero-order chi connectivity index (χ0) is 14.9. The van der Waals surface area contributed by atoms with Crippen molar-refractivity contribution in [2.24, 2.45) is 7.05 Å². The van der Waals surface area contributed by atoms with Crippen molar-refractivity contribution in [2.75, 3.05) is 4.72 Å². The molecule has 0 saturated heterocycles. The number of carbonyl (C=O) groups is 1. The number of carboxylic acid groups (broad SMARTS) is 1. The molecule has 7 nitrogen and oxygen atoms in total. The summed E-state index contributed by atoms with van der Waals surface area (Å²) in [5.74, 6) is -2.21. The van der Waals surface area contributed by atoms with Gasteiger partial charge in [0.25, 0.3) is 10.0 Å². The SMILES string of the molecule is Cn1cc(S(=O)(=O)Nc2ccc(F)cc2C(=O)O)cn1. The van der Waals surface area contributed by atoms with Crippen LogP contribution < -0.4 is 4.72 Å². The van der Waals surface area contributed by atoms with Gasteiger partial charge in [0.1, 0.15) is 10.7 Å². The quantitative estimate of drug-likeness (QED) is 0.879. The normalized spacial score (nSPS) is 11.3. The van der Waals surface area contributed by atoms with Crippen molar-refractivity contribution in [1.82, 2.24) is 9.78 Å². The van der Waals surface area contributed by atoms with Gasteiger partial charge in [-0.05, 0) is 18.2 Å². The third-order valence-electron chi connectivity index (χ3n) is 2.45. The molecule has 0 radical (unpaired) electrons. The first kappa shape index (κ1) is 14.0. The van der Waals surface area contributed by atoms with Crippen molar-refractivity contribution in [3.63, 3.8) is 0 Å². The summed E-state index contributed by atoms with van der Waals surface area (Å²) in [7, 11) is -2.44. The van der Waals surface area contributed by atoms with Crippen LogP contribution in [0.25, 0.3) is 0 Å². The second kappa shape index (κ2) is 4.93. The molecule has 2 aromatic rings. The number of benzene rings is 1. The molecule has 0 atom stereocenters. The number of nitrogens with one attached hydrogen (secondary N) is 1. The number of anilines is 1. The van der Waals surface area contributed by atoms with Gasteiger partial charge < -0.3 is 5.11 Å². The van der Waals surface area contributed by atoms with Crippen LogP contribution in [0.2, 0.25) is 0 Å². The molecule has 1 aromatic carbocycles. The fourth-order valence-corrected chi connectivity index (χ4v) is 2.59. The van der Waals surface area contributed by atoms with Crippen LogP contribution in [0.5, 0.6) is 0 Å². The molecule has 0 aliphatic carbocycles. The van der Waals surface area contributed by atoms with E-state index in [4.69, 9.17) is 5.11 Å². The first-order valence-corrected chi connectivity index (χ1v) is 6.82. The second-order valence-corrected chi connectivity index (χ2v) is 5.63. The Morgan fingerprint density at radius 2 is 2.15 bits per heavy atom. The molecule has 0 spiro atoms. The summed E-state index contributed by atoms with van der Waals surface area (Å²) in [4.78, 5) is 10.9. The molecule has 0 unspecified atom stereocenters. The summed E-state index contributed by atoms with van der Waals surface area (Å²) < 4.78 is 40.4. The lowest BCUT2D eigenvalue weighted by atomic mass is 10.2. The number of carboxylic acids is 1. The Kier molecular flexibility index (Phi) is 3.45. The maximum absolute atomic E-state index is 13.0. The van der Waals surface area contributed by atoms with E-state index in [1.165, 1.54) is 10.9 Å². The molecular formula is C11H10FN3O4S. The summed E-state index contributed by atoms with van der Waals surface area (Å²) in [5.41, 5.74) is -0.694. The minimum absolute atomic E-state index is 0.124. The Bertz CT molecular complexity index is 770. The highest BCUT2D eigenvalue weighted by Gasteiger charge is 2.20. The van der Waals surface area contributed by atoms with Gasteiger partial charge in [-0.25, -0.2) is 17.6 Å². The Hall–Kier alpha value is -2.42. The smallest absolute Gasteiger partial charge is 0.337 e. The summed E-state index contributed by atoms with van der Waals surface area (Å²) in [5, 5.41) is 12.7. The highest BCUT2D eigenvalue weighted by Crippen LogP contribution is 2.21. The molecule has 20 heavy (non-hydrogen) atoms. The van der Waals surface area contributed by atoms with Gasteiger partial charge in [-0.15, -0.1) is 0 Å². The van der Waals surface area contributed by atoms with Crippen LogP contribution in [0.15, 0.2) is 35.5 Å². The Balaban J connectivity index is 2.42. The summed E-state index contributed by atoms with van der Waals surface area (Å²) in [6.07, 6.45) is 2.37. The minimum Gasteiger partial charge on any atom is -0.478 e. The molecule has 0 bridgehead atoms. The number of sulfonamides is 1. The number of aromatic nitrogens is 2. The molecule has 2 rings (SSSR count). The van der Waals surface area contributed by atoms with Crippen LogP contribution in [0, 0.1) is 5.82 Å². The molecule has 0 aliphatic rings. The lowest BCUT2D eigenvalue weighted by molar-refractivity contribution is 0.0697. The number of hydrogen-bond acceptors (Lipinski definition) is 4. The highest BCUT2D eigenvalue weighted by atomic mass is 32.2. The van der Waals surface area contributed by atoms with Gasteiger partial charge in [0.05, 0.1) is 17.4 Å². The zero-order valence-electron chi connectivity index (χ0n) is 10.2. The molecular weight excluding hydrogens is 289 g/mol. The van der Waals surface area contributed by atoms with E-state index >= 15 is 0 Å². The third-order valence-corrected chi connectivity index (χ3v) is 3.77. The molecule has 0 saturated carbocycles. The van der Waals surface area contributed by atoms with Crippen molar-refractivity contribution >= 4 is 21.7 Å². The summed E-state index contributed by atoms with van der Waals surface area (Å²) in [6.45, 7) is 0. The van der Waals surface area contributed by atoms with E-state index in [0.717, 1.165) is 24.4 Å². The van der Waals surface area contributed by atoms with E-state index in [-0.39, 0.29) is 10.6 Å². The van der Waals surface area contributed by atoms with Crippen molar-refractivity contribution in [3.8, 4) is 0 Å². The maximum Gasteiger partial charge on any atom is 0.337 e. The van der Waals surface area contributed by atoms with Gasteiger partial charge in [-0.2, -0.15) is 5.10 Å². The first-order chi connectivity index (χ1) is 9.29. The van der Waals surface area contributed by atoms with Crippen LogP contribution in [0.4, 0.5) is 10.1 Å². The standard InChI is InChI=1S/C11H10FN3O4S/c1-15-6-8(5-13-15)20(18,19)14-10-3-2-7(12)4-9(10)11(16)17/h2-6,14H,1H3,(H,16,17). The van der Waals surface area contributed by atoms with E-state index in [1.54, 1.807) is 7.05 Å². The molecule has 1 aromatic heterocycles. The summed E-state index contributed by atoms with van der Waals surface area (Å²) in [6, 6.07) is 2.75. The molecule has 106 valence electrons. The minimum atomic E-state index is -3.98. The van der Waals surface area contributed by atoms with E-state index < -0.39 is 27.4 Å². The number of aromatic carboxylic acids is 1. The lowest BCUT2D eigenvalue weighted by Gasteiger charge is -2.09. The Labute approximate surface area is 113 Å². The maximum atomic E-state index is 13.0. The molecule has 1 heterocycles. The fourth-order valence-electron chi connectivity index (χ4n) is 1.52. The Morgan fingerprint density at radius 1 is 1.45 bits per heavy atom. The molecule has 0 aliphatic heterocycles. The van der Waals surface area contributed by atoms with Crippen LogP contribution in [-0.2, 0) is 17.1 Å². The van der Waals surface area contributed by atoms with Gasteiger partial charge in [-0.1, -0.05) is 0 Å². The van der Waals surface area contributed by atoms with Crippen molar-refractivity contribution in [1.29, 1.82) is 0 Å². The van der Waals surface area contributed by atoms with E-state index in [2.05, 4.69) is 9.82 Å². The van der Waals surface area contributed by atoms with Crippen molar-refractivity contribution in [3.05, 3.63) is 42.0 Å². The van der Waals surface area contributed by atoms with E-state index in [1.807, 2.05) is 0 Å². The largest absolute Gasteiger partial charge is 0.478 e. The van der Waals surface area contributed by atoms with Gasteiger partial charge in [0.15, 0.2) is 0 Å². The molecule has 0 fully saturated rings. The number of nitrogens with zero attached hydrogens (tertiary/aromatic N) is 2. The first-order valence-electron chi connectivity index (χ1n) is 5.34. The predicted octanol–water partition coefficient (Wildman–Crippen LogP) is 1.06. The van der Waals surface area contributed by atoms with Crippen LogP contribution >= 0.6 is 0 Å². The van der Waals surface area contributed by atoms with E-state index in [9.17, 15) is 17.6 Å². The summed E-state index contributed by atoms with van der Waals surface area (Å²) >= 11 is 0. The topological polar surface area (TPSA) is 101 Å². The van der Waals surface area contributed by atoms with Crippen LogP contribution in [0.1, 0.15) is 10.4 Å². The molecule has 9 heteroatoms. The van der Waals surface area contributed by atoms with Gasteiger partial charge in [0, 0.05) is 13.2 Å². The van der Waals surface area contributed by atoms with Gasteiger partial charge in [-0.3, -0.25) is 9.40 Å².